The van der Waals surface area contributed by atoms with Gasteiger partial charge in [0.05, 0.1) is 10.6 Å². The molecule has 0 saturated heterocycles. The third-order valence-corrected chi connectivity index (χ3v) is 5.39. The fourth-order valence-corrected chi connectivity index (χ4v) is 3.70. The van der Waals surface area contributed by atoms with Gasteiger partial charge in [-0.05, 0) is 55.9 Å². The Hall–Kier alpha value is -3.02. The van der Waals surface area contributed by atoms with Crippen molar-refractivity contribution in [3.8, 4) is 0 Å². The number of amides is 1. The Morgan fingerprint density at radius 1 is 1.07 bits per heavy atom. The summed E-state index contributed by atoms with van der Waals surface area (Å²) < 4.78 is 0. The number of hydrogen-bond acceptors (Lipinski definition) is 4. The molecule has 1 amide bonds. The van der Waals surface area contributed by atoms with Gasteiger partial charge in [0, 0.05) is 17.2 Å². The smallest absolute Gasteiger partial charge is 0.267 e. The average Bonchev–Trinajstić information content (AvgIpc) is 2.72. The van der Waals surface area contributed by atoms with Crippen LogP contribution in [0.25, 0.3) is 0 Å². The molecule has 0 radical (unpaired) electrons. The summed E-state index contributed by atoms with van der Waals surface area (Å²) in [5.41, 5.74) is 6.35. The zero-order chi connectivity index (χ0) is 20.1. The second kappa shape index (κ2) is 8.78. The van der Waals surface area contributed by atoms with E-state index in [2.05, 4.69) is 22.7 Å². The molecule has 0 aliphatic heterocycles. The quantitative estimate of drug-likeness (QED) is 0.445. The molecule has 1 saturated carbocycles. The standard InChI is InChI=1S/C22H25N3O3/c1-15-14-20(12-13-21(15)25(27)28)22(26)24-23-16(2)17-8-10-19(11-9-17)18-6-4-3-5-7-18/h8-14,18H,3-7H2,1-2H3,(H,24,26)/b23-16+. The maximum absolute atomic E-state index is 12.3. The maximum atomic E-state index is 12.3. The first kappa shape index (κ1) is 19.7. The number of carbonyl (C=O) groups is 1. The van der Waals surface area contributed by atoms with E-state index in [4.69, 9.17) is 0 Å². The summed E-state index contributed by atoms with van der Waals surface area (Å²) in [6, 6.07) is 12.7. The highest BCUT2D eigenvalue weighted by Crippen LogP contribution is 2.32. The van der Waals surface area contributed by atoms with Gasteiger partial charge in [-0.2, -0.15) is 5.10 Å². The van der Waals surface area contributed by atoms with E-state index in [1.807, 2.05) is 19.1 Å². The lowest BCUT2D eigenvalue weighted by Gasteiger charge is -2.22. The number of aryl methyl sites for hydroxylation is 1. The highest BCUT2D eigenvalue weighted by molar-refractivity contribution is 6.01. The SMILES string of the molecule is C/C(=N\NC(=O)c1ccc([N+](=O)[O-])c(C)c1)c1ccc(C2CCCCC2)cc1. The Bertz CT molecular complexity index is 898. The van der Waals surface area contributed by atoms with Crippen molar-refractivity contribution < 1.29 is 9.72 Å². The summed E-state index contributed by atoms with van der Waals surface area (Å²) in [4.78, 5) is 22.7. The molecule has 1 aliphatic carbocycles. The lowest BCUT2D eigenvalue weighted by Crippen LogP contribution is -2.19. The van der Waals surface area contributed by atoms with E-state index >= 15 is 0 Å². The summed E-state index contributed by atoms with van der Waals surface area (Å²) in [5, 5.41) is 15.1. The maximum Gasteiger partial charge on any atom is 0.272 e. The first-order valence-corrected chi connectivity index (χ1v) is 9.65. The van der Waals surface area contributed by atoms with E-state index in [1.165, 1.54) is 55.9 Å². The van der Waals surface area contributed by atoms with Crippen LogP contribution in [0.4, 0.5) is 5.69 Å². The van der Waals surface area contributed by atoms with Crippen molar-refractivity contribution in [1.82, 2.24) is 5.43 Å². The molecule has 1 fully saturated rings. The number of hydrazone groups is 1. The molecule has 0 aromatic heterocycles. The topological polar surface area (TPSA) is 84.6 Å². The summed E-state index contributed by atoms with van der Waals surface area (Å²) in [5.74, 6) is 0.265. The minimum Gasteiger partial charge on any atom is -0.267 e. The number of hydrogen-bond donors (Lipinski definition) is 1. The van der Waals surface area contributed by atoms with Crippen molar-refractivity contribution >= 4 is 17.3 Å². The Labute approximate surface area is 164 Å². The largest absolute Gasteiger partial charge is 0.272 e. The molecule has 28 heavy (non-hydrogen) atoms. The summed E-state index contributed by atoms with van der Waals surface area (Å²) in [6.45, 7) is 3.45. The number of carbonyl (C=O) groups excluding carboxylic acids is 1. The number of rotatable bonds is 5. The summed E-state index contributed by atoms with van der Waals surface area (Å²) >= 11 is 0. The average molecular weight is 379 g/mol. The third kappa shape index (κ3) is 4.63. The van der Waals surface area contributed by atoms with Crippen LogP contribution in [-0.2, 0) is 0 Å². The van der Waals surface area contributed by atoms with Crippen LogP contribution in [0.3, 0.4) is 0 Å². The number of nitrogens with zero attached hydrogens (tertiary/aromatic N) is 2. The van der Waals surface area contributed by atoms with E-state index in [0.717, 1.165) is 5.56 Å². The Balaban J connectivity index is 1.65. The van der Waals surface area contributed by atoms with Gasteiger partial charge < -0.3 is 0 Å². The zero-order valence-electron chi connectivity index (χ0n) is 16.3. The molecule has 0 atom stereocenters. The molecule has 0 heterocycles. The van der Waals surface area contributed by atoms with E-state index in [-0.39, 0.29) is 5.69 Å². The first-order chi connectivity index (χ1) is 13.5. The van der Waals surface area contributed by atoms with E-state index in [9.17, 15) is 14.9 Å². The van der Waals surface area contributed by atoms with E-state index in [0.29, 0.717) is 22.8 Å². The Morgan fingerprint density at radius 3 is 2.32 bits per heavy atom. The molecule has 0 bridgehead atoms. The van der Waals surface area contributed by atoms with Crippen LogP contribution in [0.15, 0.2) is 47.6 Å². The summed E-state index contributed by atoms with van der Waals surface area (Å²) in [7, 11) is 0. The van der Waals surface area contributed by atoms with Crippen molar-refractivity contribution in [3.63, 3.8) is 0 Å². The predicted molar refractivity (Wildman–Crippen MR) is 110 cm³/mol. The first-order valence-electron chi connectivity index (χ1n) is 9.65. The van der Waals surface area contributed by atoms with E-state index in [1.54, 1.807) is 6.92 Å². The molecule has 1 N–H and O–H groups in total. The molecule has 146 valence electrons. The van der Waals surface area contributed by atoms with Crippen LogP contribution in [0.1, 0.15) is 72.0 Å². The fraction of sp³-hybridized carbons (Fsp3) is 0.364. The van der Waals surface area contributed by atoms with Crippen LogP contribution < -0.4 is 5.43 Å². The molecule has 2 aromatic rings. The van der Waals surface area contributed by atoms with Gasteiger partial charge in [-0.25, -0.2) is 5.43 Å². The molecule has 3 rings (SSSR count). The molecular weight excluding hydrogens is 354 g/mol. The molecule has 1 aliphatic rings. The van der Waals surface area contributed by atoms with Gasteiger partial charge in [-0.1, -0.05) is 43.5 Å². The van der Waals surface area contributed by atoms with Gasteiger partial charge >= 0.3 is 0 Å². The highest BCUT2D eigenvalue weighted by atomic mass is 16.6. The highest BCUT2D eigenvalue weighted by Gasteiger charge is 2.16. The number of nitro benzene ring substituents is 1. The van der Waals surface area contributed by atoms with Crippen LogP contribution >= 0.6 is 0 Å². The zero-order valence-corrected chi connectivity index (χ0v) is 16.3. The van der Waals surface area contributed by atoms with Crippen LogP contribution in [0, 0.1) is 17.0 Å². The lowest BCUT2D eigenvalue weighted by molar-refractivity contribution is -0.385. The van der Waals surface area contributed by atoms with Crippen LogP contribution in [0.2, 0.25) is 0 Å². The lowest BCUT2D eigenvalue weighted by atomic mass is 9.84. The molecule has 6 nitrogen and oxygen atoms in total. The second-order valence-corrected chi connectivity index (χ2v) is 7.35. The molecule has 0 spiro atoms. The van der Waals surface area contributed by atoms with Gasteiger partial charge in [0.2, 0.25) is 0 Å². The number of nitrogens with one attached hydrogen (secondary N) is 1. The van der Waals surface area contributed by atoms with Gasteiger partial charge in [0.15, 0.2) is 0 Å². The van der Waals surface area contributed by atoms with Crippen molar-refractivity contribution in [1.29, 1.82) is 0 Å². The Morgan fingerprint density at radius 2 is 1.71 bits per heavy atom. The summed E-state index contributed by atoms with van der Waals surface area (Å²) in [6.07, 6.45) is 6.48. The van der Waals surface area contributed by atoms with Crippen molar-refractivity contribution in [2.75, 3.05) is 0 Å². The molecular formula is C22H25N3O3. The van der Waals surface area contributed by atoms with Crippen molar-refractivity contribution in [2.45, 2.75) is 51.9 Å². The van der Waals surface area contributed by atoms with Crippen molar-refractivity contribution in [3.05, 3.63) is 74.8 Å². The molecule has 0 unspecified atom stereocenters. The Kier molecular flexibility index (Phi) is 6.19. The van der Waals surface area contributed by atoms with Gasteiger partial charge in [-0.15, -0.1) is 0 Å². The predicted octanol–water partition coefficient (Wildman–Crippen LogP) is 5.10. The molecule has 2 aromatic carbocycles. The second-order valence-electron chi connectivity index (χ2n) is 7.35. The normalized spacial score (nSPS) is 15.3. The van der Waals surface area contributed by atoms with Crippen LogP contribution in [-0.4, -0.2) is 16.5 Å². The van der Waals surface area contributed by atoms with Crippen molar-refractivity contribution in [2.24, 2.45) is 5.10 Å². The minimum absolute atomic E-state index is 0.00529. The van der Waals surface area contributed by atoms with E-state index < -0.39 is 10.8 Å². The fourth-order valence-electron chi connectivity index (χ4n) is 3.70. The van der Waals surface area contributed by atoms with Gasteiger partial charge in [0.25, 0.3) is 11.6 Å². The molecule has 6 heteroatoms. The number of nitro groups is 1. The number of benzene rings is 2. The third-order valence-electron chi connectivity index (χ3n) is 5.39. The van der Waals surface area contributed by atoms with Gasteiger partial charge in [-0.3, -0.25) is 14.9 Å². The van der Waals surface area contributed by atoms with Crippen LogP contribution in [0.5, 0.6) is 0 Å². The monoisotopic (exact) mass is 379 g/mol. The van der Waals surface area contributed by atoms with Gasteiger partial charge in [0.1, 0.15) is 0 Å². The minimum atomic E-state index is -0.462.